The molecule has 1 aliphatic carbocycles. The maximum atomic E-state index is 12.4. The third kappa shape index (κ3) is 4.86. The second kappa shape index (κ2) is 8.06. The Labute approximate surface area is 153 Å². The first-order chi connectivity index (χ1) is 12.0. The van der Waals surface area contributed by atoms with Crippen LogP contribution in [0.2, 0.25) is 5.02 Å². The molecule has 25 heavy (non-hydrogen) atoms. The number of urea groups is 1. The predicted octanol–water partition coefficient (Wildman–Crippen LogP) is 2.40. The lowest BCUT2D eigenvalue weighted by atomic mass is 10.1. The number of nitrogens with one attached hydrogen (secondary N) is 2. The second-order valence-electron chi connectivity index (χ2n) is 6.94. The van der Waals surface area contributed by atoms with Crippen LogP contribution in [-0.2, 0) is 4.79 Å². The van der Waals surface area contributed by atoms with Gasteiger partial charge < -0.3 is 20.4 Å². The van der Waals surface area contributed by atoms with Crippen molar-refractivity contribution in [3.05, 3.63) is 29.3 Å². The van der Waals surface area contributed by atoms with E-state index in [1.807, 2.05) is 4.90 Å². The lowest BCUT2D eigenvalue weighted by molar-refractivity contribution is -0.119. The molecule has 1 heterocycles. The van der Waals surface area contributed by atoms with Gasteiger partial charge in [0.05, 0.1) is 0 Å². The summed E-state index contributed by atoms with van der Waals surface area (Å²) in [5.74, 6) is -0.0489. The number of carbonyl (C=O) groups is 2. The lowest BCUT2D eigenvalue weighted by Crippen LogP contribution is -2.52. The molecule has 3 amide bonds. The van der Waals surface area contributed by atoms with Crippen LogP contribution in [0.3, 0.4) is 0 Å². The number of hydrogen-bond acceptors (Lipinski definition) is 3. The van der Waals surface area contributed by atoms with Crippen LogP contribution in [0, 0.1) is 5.92 Å². The molecule has 136 valence electrons. The van der Waals surface area contributed by atoms with E-state index < -0.39 is 0 Å². The monoisotopic (exact) mass is 364 g/mol. The second-order valence-corrected chi connectivity index (χ2v) is 7.38. The minimum atomic E-state index is -0.0616. The number of rotatable bonds is 3. The van der Waals surface area contributed by atoms with Crippen molar-refractivity contribution in [3.63, 3.8) is 0 Å². The zero-order valence-electron chi connectivity index (χ0n) is 14.5. The molecular formula is C18H25ClN4O2. The van der Waals surface area contributed by atoms with Crippen molar-refractivity contribution in [3.8, 4) is 0 Å². The van der Waals surface area contributed by atoms with Gasteiger partial charge in [-0.2, -0.15) is 0 Å². The van der Waals surface area contributed by atoms with Crippen molar-refractivity contribution < 1.29 is 9.59 Å². The molecule has 6 nitrogen and oxygen atoms in total. The summed E-state index contributed by atoms with van der Waals surface area (Å²) in [5, 5.41) is 6.66. The van der Waals surface area contributed by atoms with Crippen molar-refractivity contribution in [2.24, 2.45) is 5.92 Å². The first-order valence-electron chi connectivity index (χ1n) is 8.81. The average molecular weight is 365 g/mol. The number of amides is 3. The Bertz CT molecular complexity index is 614. The number of benzene rings is 1. The van der Waals surface area contributed by atoms with Crippen LogP contribution in [0.1, 0.15) is 19.3 Å². The van der Waals surface area contributed by atoms with E-state index in [0.717, 1.165) is 44.7 Å². The number of nitrogens with zero attached hydrogens (tertiary/aromatic N) is 2. The van der Waals surface area contributed by atoms with E-state index in [-0.39, 0.29) is 23.9 Å². The van der Waals surface area contributed by atoms with Crippen LogP contribution in [0.5, 0.6) is 0 Å². The minimum absolute atomic E-state index is 0.00291. The maximum Gasteiger partial charge on any atom is 0.317 e. The SMILES string of the molecule is CN1CCN(C(=O)N[C@@H]2CC[C@H](C(=O)Nc3ccc(Cl)cc3)C2)CC1. The van der Waals surface area contributed by atoms with E-state index in [9.17, 15) is 9.59 Å². The molecule has 0 unspecified atom stereocenters. The fourth-order valence-electron chi connectivity index (χ4n) is 3.40. The van der Waals surface area contributed by atoms with Crippen molar-refractivity contribution >= 4 is 29.2 Å². The van der Waals surface area contributed by atoms with Crippen LogP contribution in [0.15, 0.2) is 24.3 Å². The summed E-state index contributed by atoms with van der Waals surface area (Å²) in [4.78, 5) is 28.8. The highest BCUT2D eigenvalue weighted by Gasteiger charge is 2.32. The lowest BCUT2D eigenvalue weighted by Gasteiger charge is -2.33. The Hall–Kier alpha value is -1.79. The highest BCUT2D eigenvalue weighted by Crippen LogP contribution is 2.27. The molecule has 0 radical (unpaired) electrons. The Morgan fingerprint density at radius 2 is 1.76 bits per heavy atom. The predicted molar refractivity (Wildman–Crippen MR) is 98.8 cm³/mol. The van der Waals surface area contributed by atoms with Crippen LogP contribution in [0.25, 0.3) is 0 Å². The molecule has 1 aromatic carbocycles. The van der Waals surface area contributed by atoms with E-state index in [1.165, 1.54) is 0 Å². The molecule has 2 atom stereocenters. The van der Waals surface area contributed by atoms with Crippen LogP contribution in [0.4, 0.5) is 10.5 Å². The number of hydrogen-bond donors (Lipinski definition) is 2. The molecule has 1 saturated carbocycles. The molecule has 0 spiro atoms. The molecule has 2 aliphatic rings. The first-order valence-corrected chi connectivity index (χ1v) is 9.19. The summed E-state index contributed by atoms with van der Waals surface area (Å²) in [6.07, 6.45) is 2.34. The third-order valence-electron chi connectivity index (χ3n) is 5.03. The normalized spacial score (nSPS) is 24.2. The topological polar surface area (TPSA) is 64.7 Å². The van der Waals surface area contributed by atoms with Gasteiger partial charge in [0.1, 0.15) is 0 Å². The van der Waals surface area contributed by atoms with Gasteiger partial charge >= 0.3 is 6.03 Å². The van der Waals surface area contributed by atoms with Crippen molar-refractivity contribution in [2.75, 3.05) is 38.5 Å². The van der Waals surface area contributed by atoms with Crippen LogP contribution >= 0.6 is 11.6 Å². The van der Waals surface area contributed by atoms with E-state index in [4.69, 9.17) is 11.6 Å². The van der Waals surface area contributed by atoms with Gasteiger partial charge in [0, 0.05) is 48.8 Å². The largest absolute Gasteiger partial charge is 0.335 e. The molecule has 2 fully saturated rings. The molecule has 2 N–H and O–H groups in total. The van der Waals surface area contributed by atoms with Crippen molar-refractivity contribution in [2.45, 2.75) is 25.3 Å². The third-order valence-corrected chi connectivity index (χ3v) is 5.29. The molecule has 3 rings (SSSR count). The van der Waals surface area contributed by atoms with Crippen molar-refractivity contribution in [1.29, 1.82) is 0 Å². The van der Waals surface area contributed by atoms with Gasteiger partial charge in [-0.25, -0.2) is 4.79 Å². The van der Waals surface area contributed by atoms with E-state index >= 15 is 0 Å². The van der Waals surface area contributed by atoms with Gasteiger partial charge in [0.2, 0.25) is 5.91 Å². The summed E-state index contributed by atoms with van der Waals surface area (Å²) in [7, 11) is 2.07. The maximum absolute atomic E-state index is 12.4. The van der Waals surface area contributed by atoms with Crippen LogP contribution < -0.4 is 10.6 Å². The quantitative estimate of drug-likeness (QED) is 0.865. The zero-order valence-corrected chi connectivity index (χ0v) is 15.3. The van der Waals surface area contributed by atoms with Gasteiger partial charge in [-0.15, -0.1) is 0 Å². The summed E-state index contributed by atoms with van der Waals surface area (Å²) in [5.41, 5.74) is 0.749. The Balaban J connectivity index is 1.45. The molecule has 0 aromatic heterocycles. The summed E-state index contributed by atoms with van der Waals surface area (Å²) in [6, 6.07) is 7.17. The molecule has 1 saturated heterocycles. The van der Waals surface area contributed by atoms with E-state index in [0.29, 0.717) is 11.4 Å². The number of halogens is 1. The smallest absolute Gasteiger partial charge is 0.317 e. The van der Waals surface area contributed by atoms with Crippen molar-refractivity contribution in [1.82, 2.24) is 15.1 Å². The van der Waals surface area contributed by atoms with Gasteiger partial charge in [0.15, 0.2) is 0 Å². The molecule has 1 aromatic rings. The molecule has 1 aliphatic heterocycles. The van der Waals surface area contributed by atoms with Gasteiger partial charge in [0.25, 0.3) is 0 Å². The van der Waals surface area contributed by atoms with E-state index in [2.05, 4.69) is 22.6 Å². The zero-order chi connectivity index (χ0) is 17.8. The Morgan fingerprint density at radius 1 is 1.08 bits per heavy atom. The number of piperazine rings is 1. The summed E-state index contributed by atoms with van der Waals surface area (Å²) < 4.78 is 0. The Kier molecular flexibility index (Phi) is 5.81. The van der Waals surface area contributed by atoms with E-state index in [1.54, 1.807) is 24.3 Å². The van der Waals surface area contributed by atoms with Crippen LogP contribution in [-0.4, -0.2) is 61.0 Å². The Morgan fingerprint density at radius 3 is 2.44 bits per heavy atom. The first kappa shape index (κ1) is 18.0. The number of anilines is 1. The fourth-order valence-corrected chi connectivity index (χ4v) is 3.53. The number of likely N-dealkylation sites (N-methyl/N-ethyl adjacent to an activating group) is 1. The molecule has 7 heteroatoms. The average Bonchev–Trinajstić information content (AvgIpc) is 3.06. The number of carbonyl (C=O) groups excluding carboxylic acids is 2. The van der Waals surface area contributed by atoms with Gasteiger partial charge in [-0.1, -0.05) is 11.6 Å². The minimum Gasteiger partial charge on any atom is -0.335 e. The molecular weight excluding hydrogens is 340 g/mol. The summed E-state index contributed by atoms with van der Waals surface area (Å²) >= 11 is 5.86. The summed E-state index contributed by atoms with van der Waals surface area (Å²) in [6.45, 7) is 3.33. The van der Waals surface area contributed by atoms with Gasteiger partial charge in [-0.3, -0.25) is 4.79 Å². The highest BCUT2D eigenvalue weighted by atomic mass is 35.5. The molecule has 0 bridgehead atoms. The standard InChI is InChI=1S/C18H25ClN4O2/c1-22-8-10-23(11-9-22)18(25)21-16-5-2-13(12-16)17(24)20-15-6-3-14(19)4-7-15/h3-4,6-7,13,16H,2,5,8-12H2,1H3,(H,20,24)(H,21,25)/t13-,16+/m0/s1. The van der Waals surface area contributed by atoms with Gasteiger partial charge in [-0.05, 0) is 50.6 Å². The highest BCUT2D eigenvalue weighted by molar-refractivity contribution is 6.30. The fraction of sp³-hybridized carbons (Fsp3) is 0.556.